The first kappa shape index (κ1) is 19.8. The van der Waals surface area contributed by atoms with Crippen LogP contribution in [0.1, 0.15) is 5.56 Å². The topological polar surface area (TPSA) is 46.6 Å². The van der Waals surface area contributed by atoms with Gasteiger partial charge in [-0.25, -0.2) is 13.7 Å². The number of ether oxygens (including phenoxy) is 1. The molecule has 0 saturated carbocycles. The molecule has 4 rings (SSSR count). The first-order valence-electron chi connectivity index (χ1n) is 8.95. The third-order valence-electron chi connectivity index (χ3n) is 4.54. The number of halogens is 2. The summed E-state index contributed by atoms with van der Waals surface area (Å²) in [5.41, 5.74) is 0.554. The second-order valence-corrected chi connectivity index (χ2v) is 7.45. The van der Waals surface area contributed by atoms with Gasteiger partial charge in [0.25, 0.3) is 11.8 Å². The zero-order chi connectivity index (χ0) is 21.3. The molecular formula is C23H15F2NO3S. The number of thioether (sulfide) groups is 1. The number of amides is 2. The van der Waals surface area contributed by atoms with E-state index in [0.717, 1.165) is 33.7 Å². The molecule has 0 atom stereocenters. The van der Waals surface area contributed by atoms with E-state index in [2.05, 4.69) is 0 Å². The highest BCUT2D eigenvalue weighted by Crippen LogP contribution is 2.43. The molecular weight excluding hydrogens is 408 g/mol. The Bertz CT molecular complexity index is 1180. The first-order chi connectivity index (χ1) is 14.5. The van der Waals surface area contributed by atoms with Gasteiger partial charge in [0.05, 0.1) is 23.3 Å². The number of hydrogen-bond donors (Lipinski definition) is 0. The number of hydrogen-bond acceptors (Lipinski definition) is 4. The molecule has 30 heavy (non-hydrogen) atoms. The molecule has 0 saturated heterocycles. The number of rotatable bonds is 5. The van der Waals surface area contributed by atoms with Crippen LogP contribution in [-0.2, 0) is 9.59 Å². The summed E-state index contributed by atoms with van der Waals surface area (Å²) < 4.78 is 32.6. The molecule has 150 valence electrons. The SMILES string of the molecule is COc1ccccc1C1=C(Sc2ccccc2)C(=O)N(c2ccc(F)c(F)c2)C1=O. The van der Waals surface area contributed by atoms with Gasteiger partial charge in [-0.2, -0.15) is 0 Å². The van der Waals surface area contributed by atoms with Crippen LogP contribution in [0.3, 0.4) is 0 Å². The number of benzene rings is 3. The van der Waals surface area contributed by atoms with Crippen molar-refractivity contribution in [1.29, 1.82) is 0 Å². The van der Waals surface area contributed by atoms with Crippen LogP contribution in [0.2, 0.25) is 0 Å². The van der Waals surface area contributed by atoms with Crippen molar-refractivity contribution in [2.24, 2.45) is 0 Å². The van der Waals surface area contributed by atoms with Gasteiger partial charge in [0.1, 0.15) is 5.75 Å². The zero-order valence-corrected chi connectivity index (χ0v) is 16.6. The predicted molar refractivity (Wildman–Crippen MR) is 111 cm³/mol. The van der Waals surface area contributed by atoms with E-state index in [9.17, 15) is 18.4 Å². The smallest absolute Gasteiger partial charge is 0.272 e. The van der Waals surface area contributed by atoms with Crippen LogP contribution in [0.5, 0.6) is 5.75 Å². The molecule has 0 aliphatic carbocycles. The number of nitrogens with zero attached hydrogens (tertiary/aromatic N) is 1. The largest absolute Gasteiger partial charge is 0.496 e. The Hall–Kier alpha value is -3.45. The van der Waals surface area contributed by atoms with Crippen LogP contribution >= 0.6 is 11.8 Å². The molecule has 0 radical (unpaired) electrons. The van der Waals surface area contributed by atoms with Crippen LogP contribution in [-0.4, -0.2) is 18.9 Å². The van der Waals surface area contributed by atoms with Crippen molar-refractivity contribution in [3.8, 4) is 5.75 Å². The van der Waals surface area contributed by atoms with Crippen molar-refractivity contribution in [1.82, 2.24) is 0 Å². The van der Waals surface area contributed by atoms with Crippen molar-refractivity contribution in [2.45, 2.75) is 4.90 Å². The monoisotopic (exact) mass is 423 g/mol. The molecule has 0 unspecified atom stereocenters. The minimum atomic E-state index is -1.14. The summed E-state index contributed by atoms with van der Waals surface area (Å²) in [6.07, 6.45) is 0. The summed E-state index contributed by atoms with van der Waals surface area (Å²) in [5.74, 6) is -3.02. The molecule has 1 aliphatic rings. The fraction of sp³-hybridized carbons (Fsp3) is 0.0435. The van der Waals surface area contributed by atoms with Gasteiger partial charge in [0.2, 0.25) is 0 Å². The van der Waals surface area contributed by atoms with Gasteiger partial charge in [-0.15, -0.1) is 0 Å². The fourth-order valence-electron chi connectivity index (χ4n) is 3.16. The van der Waals surface area contributed by atoms with E-state index in [4.69, 9.17) is 4.74 Å². The molecule has 1 heterocycles. The van der Waals surface area contributed by atoms with Crippen LogP contribution < -0.4 is 9.64 Å². The molecule has 1 aliphatic heterocycles. The second kappa shape index (κ2) is 8.12. The number of carbonyl (C=O) groups is 2. The minimum absolute atomic E-state index is 0.0417. The van der Waals surface area contributed by atoms with Gasteiger partial charge in [-0.1, -0.05) is 48.2 Å². The highest BCUT2D eigenvalue weighted by Gasteiger charge is 2.41. The highest BCUT2D eigenvalue weighted by molar-refractivity contribution is 8.04. The van der Waals surface area contributed by atoms with Crippen LogP contribution in [0.25, 0.3) is 5.57 Å². The summed E-state index contributed by atoms with van der Waals surface area (Å²) in [6, 6.07) is 18.9. The molecule has 0 aromatic heterocycles. The van der Waals surface area contributed by atoms with E-state index in [0.29, 0.717) is 11.3 Å². The van der Waals surface area contributed by atoms with Gasteiger partial charge in [0.15, 0.2) is 11.6 Å². The highest BCUT2D eigenvalue weighted by atomic mass is 32.2. The average molecular weight is 423 g/mol. The van der Waals surface area contributed by atoms with Gasteiger partial charge >= 0.3 is 0 Å². The normalized spacial score (nSPS) is 13.9. The maximum absolute atomic E-state index is 13.8. The molecule has 7 heteroatoms. The van der Waals surface area contributed by atoms with Crippen LogP contribution in [0, 0.1) is 11.6 Å². The Morgan fingerprint density at radius 2 is 1.53 bits per heavy atom. The summed E-state index contributed by atoms with van der Waals surface area (Å²) in [6.45, 7) is 0. The van der Waals surface area contributed by atoms with E-state index in [1.165, 1.54) is 13.2 Å². The van der Waals surface area contributed by atoms with Gasteiger partial charge in [-0.05, 0) is 30.3 Å². The lowest BCUT2D eigenvalue weighted by molar-refractivity contribution is -0.119. The minimum Gasteiger partial charge on any atom is -0.496 e. The molecule has 0 bridgehead atoms. The molecule has 3 aromatic rings. The van der Waals surface area contributed by atoms with E-state index >= 15 is 0 Å². The molecule has 2 amide bonds. The van der Waals surface area contributed by atoms with Crippen molar-refractivity contribution >= 4 is 34.8 Å². The first-order valence-corrected chi connectivity index (χ1v) is 9.77. The molecule has 0 fully saturated rings. The number of methoxy groups -OCH3 is 1. The molecule has 0 spiro atoms. The Labute approximate surface area is 175 Å². The molecule has 3 aromatic carbocycles. The number of carbonyl (C=O) groups excluding carboxylic acids is 2. The Morgan fingerprint density at radius 3 is 2.23 bits per heavy atom. The van der Waals surface area contributed by atoms with Crippen molar-refractivity contribution < 1.29 is 23.1 Å². The Kier molecular flexibility index (Phi) is 5.37. The van der Waals surface area contributed by atoms with Crippen molar-refractivity contribution in [3.05, 3.63) is 94.9 Å². The van der Waals surface area contributed by atoms with E-state index in [-0.39, 0.29) is 16.2 Å². The van der Waals surface area contributed by atoms with Gasteiger partial charge < -0.3 is 4.74 Å². The quantitative estimate of drug-likeness (QED) is 0.539. The van der Waals surface area contributed by atoms with Crippen molar-refractivity contribution in [3.63, 3.8) is 0 Å². The maximum atomic E-state index is 13.8. The van der Waals surface area contributed by atoms with Crippen molar-refractivity contribution in [2.75, 3.05) is 12.0 Å². The lowest BCUT2D eigenvalue weighted by Crippen LogP contribution is -2.31. The van der Waals surface area contributed by atoms with Gasteiger partial charge in [-0.3, -0.25) is 9.59 Å². The summed E-state index contributed by atoms with van der Waals surface area (Å²) in [7, 11) is 1.47. The van der Waals surface area contributed by atoms with E-state index in [1.807, 2.05) is 30.3 Å². The molecule has 0 N–H and O–H groups in total. The van der Waals surface area contributed by atoms with E-state index in [1.54, 1.807) is 24.3 Å². The Morgan fingerprint density at radius 1 is 0.833 bits per heavy atom. The Balaban J connectivity index is 1.87. The lowest BCUT2D eigenvalue weighted by Gasteiger charge is -2.15. The maximum Gasteiger partial charge on any atom is 0.272 e. The standard InChI is InChI=1S/C23H15F2NO3S/c1-29-19-10-6-5-9-16(19)20-21(30-15-7-3-2-4-8-15)23(28)26(22(20)27)14-11-12-17(24)18(25)13-14/h2-13H,1H3. The summed E-state index contributed by atoms with van der Waals surface area (Å²) in [5, 5.41) is 0. The van der Waals surface area contributed by atoms with Crippen LogP contribution in [0.4, 0.5) is 14.5 Å². The predicted octanol–water partition coefficient (Wildman–Crippen LogP) is 5.05. The number of anilines is 1. The lowest BCUT2D eigenvalue weighted by atomic mass is 10.0. The average Bonchev–Trinajstić information content (AvgIpc) is 3.00. The zero-order valence-electron chi connectivity index (χ0n) is 15.8. The fourth-order valence-corrected chi connectivity index (χ4v) is 4.16. The van der Waals surface area contributed by atoms with E-state index < -0.39 is 23.4 Å². The summed E-state index contributed by atoms with van der Waals surface area (Å²) >= 11 is 1.14. The number of para-hydroxylation sites is 1. The summed E-state index contributed by atoms with van der Waals surface area (Å²) in [4.78, 5) is 28.4. The third kappa shape index (κ3) is 3.48. The molecule has 4 nitrogen and oxygen atoms in total. The number of imide groups is 1. The second-order valence-electron chi connectivity index (χ2n) is 6.36. The third-order valence-corrected chi connectivity index (χ3v) is 5.63. The van der Waals surface area contributed by atoms with Crippen LogP contribution in [0.15, 0.2) is 82.6 Å². The van der Waals surface area contributed by atoms with Gasteiger partial charge in [0, 0.05) is 16.5 Å².